The number of alkyl halides is 3. The second-order valence-corrected chi connectivity index (χ2v) is 5.65. The first kappa shape index (κ1) is 16.9. The Labute approximate surface area is 139 Å². The van der Waals surface area contributed by atoms with Crippen LogP contribution in [0.15, 0.2) is 22.7 Å². The third kappa shape index (κ3) is 3.32. The molecule has 3 rings (SSSR count). The fourth-order valence-electron chi connectivity index (χ4n) is 2.48. The largest absolute Gasteiger partial charge is 0.471 e. The normalized spacial score (nSPS) is 15.0. The summed E-state index contributed by atoms with van der Waals surface area (Å²) in [5.74, 6) is -1.87. The molecule has 2 aromatic rings. The number of nitrogens with one attached hydrogen (secondary N) is 1. The van der Waals surface area contributed by atoms with Gasteiger partial charge in [0, 0.05) is 24.3 Å². The monoisotopic (exact) mass is 354 g/mol. The third-order valence-corrected chi connectivity index (χ3v) is 3.91. The molecule has 0 saturated carbocycles. The Morgan fingerprint density at radius 2 is 2.12 bits per heavy atom. The maximum atomic E-state index is 12.3. The zero-order valence-corrected chi connectivity index (χ0v) is 13.0. The van der Waals surface area contributed by atoms with E-state index in [1.54, 1.807) is 18.2 Å². The van der Waals surface area contributed by atoms with Crippen molar-refractivity contribution in [2.75, 3.05) is 18.4 Å². The van der Waals surface area contributed by atoms with Gasteiger partial charge >= 0.3 is 12.1 Å². The van der Waals surface area contributed by atoms with Gasteiger partial charge in [0.05, 0.1) is 5.92 Å². The minimum Gasteiger partial charge on any atom is -0.339 e. The highest BCUT2D eigenvalue weighted by molar-refractivity contribution is 5.82. The Kier molecular flexibility index (Phi) is 4.19. The molecule has 1 aliphatic heterocycles. The fourth-order valence-corrected chi connectivity index (χ4v) is 2.48. The molecule has 2 amide bonds. The van der Waals surface area contributed by atoms with Gasteiger partial charge < -0.3 is 14.7 Å². The van der Waals surface area contributed by atoms with Crippen LogP contribution in [0, 0.1) is 6.92 Å². The second-order valence-electron chi connectivity index (χ2n) is 5.65. The number of hydrogen-bond donors (Lipinski definition) is 1. The number of halogens is 3. The van der Waals surface area contributed by atoms with Gasteiger partial charge in [-0.25, -0.2) is 0 Å². The maximum absolute atomic E-state index is 12.3. The summed E-state index contributed by atoms with van der Waals surface area (Å²) in [7, 11) is 0. The molecule has 2 heterocycles. The maximum Gasteiger partial charge on any atom is 0.471 e. The molecule has 0 unspecified atom stereocenters. The summed E-state index contributed by atoms with van der Waals surface area (Å²) >= 11 is 0. The van der Waals surface area contributed by atoms with E-state index in [1.165, 1.54) is 0 Å². The Hall–Kier alpha value is -2.91. The minimum atomic E-state index is -4.88. The van der Waals surface area contributed by atoms with Gasteiger partial charge in [-0.15, -0.1) is 0 Å². The van der Waals surface area contributed by atoms with Crippen LogP contribution in [-0.4, -0.2) is 46.6 Å². The molecule has 0 atom stereocenters. The van der Waals surface area contributed by atoms with E-state index < -0.39 is 18.0 Å². The van der Waals surface area contributed by atoms with E-state index in [2.05, 4.69) is 15.5 Å². The smallest absolute Gasteiger partial charge is 0.339 e. The molecule has 0 bridgehead atoms. The van der Waals surface area contributed by atoms with E-state index in [0.29, 0.717) is 22.6 Å². The fraction of sp³-hybridized carbons (Fsp3) is 0.333. The lowest BCUT2D eigenvalue weighted by Crippen LogP contribution is -2.53. The summed E-state index contributed by atoms with van der Waals surface area (Å²) in [6.07, 6.45) is -4.33. The first-order valence-electron chi connectivity index (χ1n) is 7.30. The molecule has 1 N–H and O–H groups in total. The average molecular weight is 354 g/mol. The number of benzene rings is 1. The van der Waals surface area contributed by atoms with Gasteiger partial charge in [-0.1, -0.05) is 17.3 Å². The summed E-state index contributed by atoms with van der Waals surface area (Å²) < 4.78 is 42.1. The number of nitrogens with zero attached hydrogens (tertiary/aromatic N) is 3. The van der Waals surface area contributed by atoms with Crippen LogP contribution in [0.1, 0.15) is 17.4 Å². The molecule has 1 aliphatic rings. The number of aryl methyl sites for hydroxylation is 1. The average Bonchev–Trinajstić information content (AvgIpc) is 2.96. The molecular weight excluding hydrogens is 341 g/mol. The summed E-state index contributed by atoms with van der Waals surface area (Å²) in [6.45, 7) is 1.58. The summed E-state index contributed by atoms with van der Waals surface area (Å²) in [5, 5.41) is 6.36. The molecule has 1 saturated heterocycles. The molecule has 0 radical (unpaired) electrons. The zero-order chi connectivity index (χ0) is 18.2. The van der Waals surface area contributed by atoms with Gasteiger partial charge in [0.25, 0.3) is 0 Å². The predicted molar refractivity (Wildman–Crippen MR) is 79.5 cm³/mol. The van der Waals surface area contributed by atoms with Gasteiger partial charge in [-0.3, -0.25) is 9.59 Å². The van der Waals surface area contributed by atoms with Crippen LogP contribution in [0.5, 0.6) is 0 Å². The molecule has 7 nitrogen and oxygen atoms in total. The number of anilines is 1. The zero-order valence-electron chi connectivity index (χ0n) is 13.0. The lowest BCUT2D eigenvalue weighted by molar-refractivity contribution is -0.190. The molecular formula is C15H13F3N4O3. The Balaban J connectivity index is 1.71. The summed E-state index contributed by atoms with van der Waals surface area (Å²) in [5.41, 5.74) is 2.02. The van der Waals surface area contributed by atoms with E-state index >= 15 is 0 Å². The molecule has 132 valence electrons. The number of amides is 2. The molecule has 1 aromatic carbocycles. The molecule has 10 heteroatoms. The van der Waals surface area contributed by atoms with E-state index in [0.717, 1.165) is 5.56 Å². The number of carbonyl (C=O) groups excluding carboxylic acids is 2. The van der Waals surface area contributed by atoms with Crippen molar-refractivity contribution in [2.24, 2.45) is 0 Å². The van der Waals surface area contributed by atoms with Crippen LogP contribution in [0.3, 0.4) is 0 Å². The summed E-state index contributed by atoms with van der Waals surface area (Å²) in [4.78, 5) is 26.5. The van der Waals surface area contributed by atoms with Crippen LogP contribution >= 0.6 is 0 Å². The number of likely N-dealkylation sites (tertiary alicyclic amines) is 1. The number of aromatic nitrogens is 2. The summed E-state index contributed by atoms with van der Waals surface area (Å²) in [6, 6.07) is 5.17. The van der Waals surface area contributed by atoms with Gasteiger partial charge in [-0.2, -0.15) is 18.2 Å². The van der Waals surface area contributed by atoms with Crippen LogP contribution < -0.4 is 5.32 Å². The lowest BCUT2D eigenvalue weighted by atomic mass is 10.00. The number of hydrogen-bond acceptors (Lipinski definition) is 5. The van der Waals surface area contributed by atoms with E-state index in [-0.39, 0.29) is 24.8 Å². The van der Waals surface area contributed by atoms with Crippen molar-refractivity contribution in [3.8, 4) is 11.4 Å². The highest BCUT2D eigenvalue weighted by atomic mass is 19.4. The third-order valence-electron chi connectivity index (χ3n) is 3.91. The number of rotatable bonds is 4. The van der Waals surface area contributed by atoms with Crippen molar-refractivity contribution in [3.05, 3.63) is 29.7 Å². The standard InChI is InChI=1S/C15H13F3N4O3/c1-8-2-3-9(4-11(8)19-7-23)12-20-13(25-21-12)10-5-22(6-10)14(24)15(16,17)18/h2-4,7,10H,5-6H2,1H3,(H,19,23). The molecule has 0 spiro atoms. The van der Waals surface area contributed by atoms with Crippen LogP contribution in [0.25, 0.3) is 11.4 Å². The van der Waals surface area contributed by atoms with Crippen molar-refractivity contribution in [1.82, 2.24) is 15.0 Å². The molecule has 0 aliphatic carbocycles. The Morgan fingerprint density at radius 3 is 2.76 bits per heavy atom. The quantitative estimate of drug-likeness (QED) is 0.850. The van der Waals surface area contributed by atoms with Gasteiger partial charge in [-0.05, 0) is 18.6 Å². The van der Waals surface area contributed by atoms with Crippen LogP contribution in [-0.2, 0) is 9.59 Å². The van der Waals surface area contributed by atoms with E-state index in [4.69, 9.17) is 4.52 Å². The molecule has 25 heavy (non-hydrogen) atoms. The van der Waals surface area contributed by atoms with Gasteiger partial charge in [0.2, 0.25) is 18.1 Å². The SMILES string of the molecule is Cc1ccc(-c2noc(C3CN(C(=O)C(F)(F)F)C3)n2)cc1NC=O. The number of carbonyl (C=O) groups is 2. The first-order chi connectivity index (χ1) is 11.8. The lowest BCUT2D eigenvalue weighted by Gasteiger charge is -2.37. The van der Waals surface area contributed by atoms with Crippen molar-refractivity contribution in [2.45, 2.75) is 19.0 Å². The van der Waals surface area contributed by atoms with Gasteiger partial charge in [0.15, 0.2) is 0 Å². The van der Waals surface area contributed by atoms with Crippen LogP contribution in [0.2, 0.25) is 0 Å². The predicted octanol–water partition coefficient (Wildman–Crippen LogP) is 2.10. The van der Waals surface area contributed by atoms with Gasteiger partial charge in [0.1, 0.15) is 0 Å². The highest BCUT2D eigenvalue weighted by Gasteiger charge is 2.48. The molecule has 1 aromatic heterocycles. The van der Waals surface area contributed by atoms with E-state index in [9.17, 15) is 22.8 Å². The first-order valence-corrected chi connectivity index (χ1v) is 7.30. The van der Waals surface area contributed by atoms with Crippen LogP contribution in [0.4, 0.5) is 18.9 Å². The van der Waals surface area contributed by atoms with Crippen molar-refractivity contribution in [3.63, 3.8) is 0 Å². The van der Waals surface area contributed by atoms with Crippen molar-refractivity contribution in [1.29, 1.82) is 0 Å². The van der Waals surface area contributed by atoms with E-state index in [1.807, 2.05) is 6.92 Å². The van der Waals surface area contributed by atoms with Crippen molar-refractivity contribution < 1.29 is 27.3 Å². The Bertz CT molecular complexity index is 813. The topological polar surface area (TPSA) is 88.3 Å². The highest BCUT2D eigenvalue weighted by Crippen LogP contribution is 2.31. The molecule has 1 fully saturated rings. The second kappa shape index (κ2) is 6.19. The minimum absolute atomic E-state index is 0.119. The Morgan fingerprint density at radius 1 is 1.40 bits per heavy atom. The van der Waals surface area contributed by atoms with Crippen molar-refractivity contribution >= 4 is 18.0 Å².